The number of ether oxygens (including phenoxy) is 2. The van der Waals surface area contributed by atoms with E-state index in [1.54, 1.807) is 26.3 Å². The molecular weight excluding hydrogens is 340 g/mol. The molecule has 142 valence electrons. The van der Waals surface area contributed by atoms with E-state index >= 15 is 0 Å². The highest BCUT2D eigenvalue weighted by molar-refractivity contribution is 6.02. The molecule has 2 aromatic rings. The Morgan fingerprint density at radius 3 is 2.77 bits per heavy atom. The van der Waals surface area contributed by atoms with Crippen molar-refractivity contribution < 1.29 is 19.1 Å². The Hall–Kier alpha value is -2.72. The topological polar surface area (TPSA) is 126 Å². The summed E-state index contributed by atoms with van der Waals surface area (Å²) < 4.78 is 13.0. The number of esters is 1. The van der Waals surface area contributed by atoms with E-state index in [0.29, 0.717) is 23.8 Å². The minimum Gasteiger partial charge on any atom is -0.441 e. The number of aryl methyl sites for hydroxylation is 1. The lowest BCUT2D eigenvalue weighted by Crippen LogP contribution is -2.37. The number of rotatable bonds is 8. The van der Waals surface area contributed by atoms with Gasteiger partial charge in [0.1, 0.15) is 17.6 Å². The molecule has 10 nitrogen and oxygen atoms in total. The smallest absolute Gasteiger partial charge is 0.324 e. The fourth-order valence-electron chi connectivity index (χ4n) is 2.17. The Morgan fingerprint density at radius 1 is 1.38 bits per heavy atom. The maximum atomic E-state index is 12.5. The van der Waals surface area contributed by atoms with Crippen LogP contribution >= 0.6 is 0 Å². The first-order valence-electron chi connectivity index (χ1n) is 8.10. The van der Waals surface area contributed by atoms with Crippen LogP contribution in [0.3, 0.4) is 0 Å². The molecule has 26 heavy (non-hydrogen) atoms. The van der Waals surface area contributed by atoms with Crippen molar-refractivity contribution in [2.45, 2.75) is 33.2 Å². The van der Waals surface area contributed by atoms with E-state index in [1.165, 1.54) is 15.6 Å². The van der Waals surface area contributed by atoms with E-state index in [4.69, 9.17) is 15.2 Å². The molecule has 1 unspecified atom stereocenters. The molecule has 0 fully saturated rings. The minimum atomic E-state index is -0.711. The van der Waals surface area contributed by atoms with Gasteiger partial charge in [0, 0.05) is 20.2 Å². The molecule has 10 heteroatoms. The molecule has 2 heterocycles. The second-order valence-electron chi connectivity index (χ2n) is 6.11. The molecule has 3 N–H and O–H groups in total. The van der Waals surface area contributed by atoms with Crippen LogP contribution in [0, 0.1) is 5.92 Å². The lowest BCUT2D eigenvalue weighted by molar-refractivity contribution is -0.150. The van der Waals surface area contributed by atoms with Crippen LogP contribution < -0.4 is 11.1 Å². The molecule has 0 aromatic carbocycles. The predicted molar refractivity (Wildman–Crippen MR) is 93.0 cm³/mol. The van der Waals surface area contributed by atoms with Gasteiger partial charge in [0.15, 0.2) is 6.73 Å². The van der Waals surface area contributed by atoms with Gasteiger partial charge in [-0.15, -0.1) is 0 Å². The lowest BCUT2D eigenvalue weighted by Gasteiger charge is -2.15. The molecule has 0 saturated heterocycles. The summed E-state index contributed by atoms with van der Waals surface area (Å²) in [5.74, 6) is -0.543. The average Bonchev–Trinajstić information content (AvgIpc) is 3.18. The van der Waals surface area contributed by atoms with Gasteiger partial charge in [0.25, 0.3) is 5.91 Å². The Balaban J connectivity index is 2.02. The monoisotopic (exact) mass is 364 g/mol. The summed E-state index contributed by atoms with van der Waals surface area (Å²) in [4.78, 5) is 24.3. The molecule has 0 aliphatic rings. The number of nitrogens with two attached hydrogens (primary N) is 1. The highest BCUT2D eigenvalue weighted by Crippen LogP contribution is 2.11. The summed E-state index contributed by atoms with van der Waals surface area (Å²) in [5.41, 5.74) is 6.75. The zero-order chi connectivity index (χ0) is 19.3. The van der Waals surface area contributed by atoms with E-state index in [1.807, 2.05) is 13.8 Å². The fraction of sp³-hybridized carbons (Fsp3) is 0.500. The molecule has 0 saturated carbocycles. The maximum Gasteiger partial charge on any atom is 0.324 e. The highest BCUT2D eigenvalue weighted by Gasteiger charge is 2.20. The van der Waals surface area contributed by atoms with Crippen LogP contribution in [0.2, 0.25) is 0 Å². The van der Waals surface area contributed by atoms with Gasteiger partial charge in [-0.25, -0.2) is 4.68 Å². The lowest BCUT2D eigenvalue weighted by atomic mass is 10.1. The molecule has 0 radical (unpaired) electrons. The van der Waals surface area contributed by atoms with Crippen molar-refractivity contribution in [2.24, 2.45) is 18.7 Å². The van der Waals surface area contributed by atoms with Gasteiger partial charge in [-0.05, 0) is 12.0 Å². The summed E-state index contributed by atoms with van der Waals surface area (Å²) in [6, 6.07) is 2.53. The largest absolute Gasteiger partial charge is 0.441 e. The minimum absolute atomic E-state index is 0.0366. The SMILES string of the molecule is COCc1cc(C(=O)Nc2ccnn2COC(=O)C(N)C(C)C)n(C)n1. The highest BCUT2D eigenvalue weighted by atomic mass is 16.5. The number of carbonyl (C=O) groups excluding carboxylic acids is 2. The zero-order valence-electron chi connectivity index (χ0n) is 15.3. The van der Waals surface area contributed by atoms with Crippen molar-refractivity contribution in [3.8, 4) is 0 Å². The number of carbonyl (C=O) groups is 2. The molecule has 2 rings (SSSR count). The number of hydrogen-bond acceptors (Lipinski definition) is 7. The van der Waals surface area contributed by atoms with E-state index in [-0.39, 0.29) is 18.6 Å². The molecule has 2 aromatic heterocycles. The first-order valence-corrected chi connectivity index (χ1v) is 8.10. The maximum absolute atomic E-state index is 12.5. The number of methoxy groups -OCH3 is 1. The number of hydrogen-bond donors (Lipinski definition) is 2. The van der Waals surface area contributed by atoms with Crippen molar-refractivity contribution in [1.29, 1.82) is 0 Å². The second-order valence-corrected chi connectivity index (χ2v) is 6.11. The van der Waals surface area contributed by atoms with Gasteiger partial charge in [-0.2, -0.15) is 10.2 Å². The Labute approximate surface area is 151 Å². The summed E-state index contributed by atoms with van der Waals surface area (Å²) in [6.07, 6.45) is 1.49. The van der Waals surface area contributed by atoms with E-state index in [9.17, 15) is 9.59 Å². The van der Waals surface area contributed by atoms with E-state index in [2.05, 4.69) is 15.5 Å². The van der Waals surface area contributed by atoms with Crippen molar-refractivity contribution in [3.63, 3.8) is 0 Å². The van der Waals surface area contributed by atoms with Crippen LogP contribution in [0.5, 0.6) is 0 Å². The molecule has 0 aliphatic heterocycles. The normalized spacial score (nSPS) is 12.2. The van der Waals surface area contributed by atoms with Crippen molar-refractivity contribution >= 4 is 17.7 Å². The fourth-order valence-corrected chi connectivity index (χ4v) is 2.17. The summed E-state index contributed by atoms with van der Waals surface area (Å²) in [6.45, 7) is 3.82. The molecular formula is C16H24N6O4. The third-order valence-corrected chi connectivity index (χ3v) is 3.73. The van der Waals surface area contributed by atoms with Crippen LogP contribution in [0.15, 0.2) is 18.3 Å². The number of nitrogens with one attached hydrogen (secondary N) is 1. The number of anilines is 1. The van der Waals surface area contributed by atoms with Gasteiger partial charge >= 0.3 is 5.97 Å². The van der Waals surface area contributed by atoms with E-state index < -0.39 is 12.0 Å². The molecule has 0 aliphatic carbocycles. The Bertz CT molecular complexity index is 767. The van der Waals surface area contributed by atoms with Gasteiger partial charge in [0.05, 0.1) is 18.5 Å². The molecule has 1 amide bonds. The third kappa shape index (κ3) is 4.67. The van der Waals surface area contributed by atoms with Crippen LogP contribution in [0.25, 0.3) is 0 Å². The Morgan fingerprint density at radius 2 is 2.12 bits per heavy atom. The third-order valence-electron chi connectivity index (χ3n) is 3.73. The predicted octanol–water partition coefficient (Wildman–Crippen LogP) is 0.499. The van der Waals surface area contributed by atoms with Crippen LogP contribution in [-0.2, 0) is 34.7 Å². The number of nitrogens with zero attached hydrogens (tertiary/aromatic N) is 4. The van der Waals surface area contributed by atoms with Gasteiger partial charge in [-0.1, -0.05) is 13.8 Å². The molecule has 0 bridgehead atoms. The average molecular weight is 364 g/mol. The second kappa shape index (κ2) is 8.59. The van der Waals surface area contributed by atoms with Crippen LogP contribution in [-0.4, -0.2) is 44.6 Å². The first-order chi connectivity index (χ1) is 12.3. The van der Waals surface area contributed by atoms with Gasteiger partial charge < -0.3 is 20.5 Å². The quantitative estimate of drug-likeness (QED) is 0.653. The van der Waals surface area contributed by atoms with E-state index in [0.717, 1.165) is 0 Å². The summed E-state index contributed by atoms with van der Waals surface area (Å²) in [7, 11) is 3.22. The standard InChI is InChI=1S/C16H24N6O4/c1-10(2)14(17)16(24)26-9-22-13(5-6-18-22)19-15(23)12-7-11(8-25-4)20-21(12)3/h5-7,10,14H,8-9,17H2,1-4H3,(H,19,23). The van der Waals surface area contributed by atoms with Crippen LogP contribution in [0.4, 0.5) is 5.82 Å². The molecule has 1 atom stereocenters. The summed E-state index contributed by atoms with van der Waals surface area (Å²) >= 11 is 0. The molecule has 0 spiro atoms. The first kappa shape index (κ1) is 19.6. The zero-order valence-corrected chi connectivity index (χ0v) is 15.3. The van der Waals surface area contributed by atoms with Gasteiger partial charge in [0.2, 0.25) is 0 Å². The Kier molecular flexibility index (Phi) is 6.47. The number of aromatic nitrogens is 4. The van der Waals surface area contributed by atoms with Crippen molar-refractivity contribution in [1.82, 2.24) is 19.6 Å². The van der Waals surface area contributed by atoms with Crippen LogP contribution in [0.1, 0.15) is 30.0 Å². The van der Waals surface area contributed by atoms with Gasteiger partial charge in [-0.3, -0.25) is 14.3 Å². The van der Waals surface area contributed by atoms with Crippen molar-refractivity contribution in [2.75, 3.05) is 12.4 Å². The van der Waals surface area contributed by atoms with Crippen molar-refractivity contribution in [3.05, 3.63) is 29.7 Å². The number of amides is 1. The summed E-state index contributed by atoms with van der Waals surface area (Å²) in [5, 5.41) is 10.9.